The van der Waals surface area contributed by atoms with E-state index in [1.165, 1.54) is 0 Å². The van der Waals surface area contributed by atoms with Crippen LogP contribution in [0.25, 0.3) is 0 Å². The lowest BCUT2D eigenvalue weighted by atomic mass is 9.86. The van der Waals surface area contributed by atoms with Crippen LogP contribution >= 0.6 is 12.2 Å². The number of rotatable bonds is 0. The molecule has 18 heavy (non-hydrogen) atoms. The Morgan fingerprint density at radius 1 is 1.28 bits per heavy atom. The topological polar surface area (TPSA) is 12.0 Å². The van der Waals surface area contributed by atoms with Crippen LogP contribution in [0.15, 0.2) is 12.1 Å². The van der Waals surface area contributed by atoms with Gasteiger partial charge in [0.1, 0.15) is 5.82 Å². The van der Waals surface area contributed by atoms with E-state index in [4.69, 9.17) is 12.2 Å². The van der Waals surface area contributed by atoms with Gasteiger partial charge in [0.15, 0.2) is 0 Å². The fraction of sp³-hybridized carbons (Fsp3) is 0.417. The minimum Gasteiger partial charge on any atom is -0.375 e. The summed E-state index contributed by atoms with van der Waals surface area (Å²) >= 11 is 5.11. The number of nitrogens with one attached hydrogen (secondary N) is 1. The maximum atomic E-state index is 13.3. The van der Waals surface area contributed by atoms with Crippen molar-refractivity contribution in [3.05, 3.63) is 29.1 Å². The van der Waals surface area contributed by atoms with Gasteiger partial charge >= 0.3 is 6.18 Å². The summed E-state index contributed by atoms with van der Waals surface area (Å²) in [6.45, 7) is 3.52. The molecule has 1 aromatic rings. The second-order valence-corrected chi connectivity index (χ2v) is 5.32. The summed E-state index contributed by atoms with van der Waals surface area (Å²) < 4.78 is 51.8. The van der Waals surface area contributed by atoms with E-state index < -0.39 is 23.1 Å². The van der Waals surface area contributed by atoms with E-state index in [1.807, 2.05) is 0 Å². The molecule has 6 heteroatoms. The Morgan fingerprint density at radius 3 is 2.44 bits per heavy atom. The highest BCUT2D eigenvalue weighted by molar-refractivity contribution is 7.80. The maximum absolute atomic E-state index is 13.3. The molecule has 1 N–H and O–H groups in total. The standard InChI is InChI=1S/C12H11F4NS/c1-11(2)10(18)5-7-8(12(14,15)16)3-6(13)4-9(7)17-11/h3-4,17H,5H2,1-2H3. The average molecular weight is 277 g/mol. The van der Waals surface area contributed by atoms with Crippen molar-refractivity contribution in [1.29, 1.82) is 0 Å². The summed E-state index contributed by atoms with van der Waals surface area (Å²) in [6.07, 6.45) is -4.55. The normalized spacial score (nSPS) is 18.2. The van der Waals surface area contributed by atoms with Gasteiger partial charge < -0.3 is 5.32 Å². The Labute approximate surface area is 107 Å². The molecule has 1 nitrogen and oxygen atoms in total. The van der Waals surface area contributed by atoms with Gasteiger partial charge in [-0.05, 0) is 31.5 Å². The largest absolute Gasteiger partial charge is 0.416 e. The summed E-state index contributed by atoms with van der Waals surface area (Å²) in [5, 5.41) is 2.86. The number of thiocarbonyl (C=S) groups is 1. The van der Waals surface area contributed by atoms with Crippen LogP contribution in [0.1, 0.15) is 25.0 Å². The van der Waals surface area contributed by atoms with Crippen molar-refractivity contribution in [2.75, 3.05) is 5.32 Å². The molecule has 0 aliphatic carbocycles. The third-order valence-electron chi connectivity index (χ3n) is 3.00. The monoisotopic (exact) mass is 277 g/mol. The summed E-state index contributed by atoms with van der Waals surface area (Å²) in [5.74, 6) is -0.905. The molecule has 0 saturated heterocycles. The molecule has 0 saturated carbocycles. The molecule has 98 valence electrons. The first-order valence-electron chi connectivity index (χ1n) is 5.32. The zero-order chi connectivity index (χ0) is 13.7. The van der Waals surface area contributed by atoms with Gasteiger partial charge in [0.05, 0.1) is 11.1 Å². The Hall–Kier alpha value is -1.17. The molecule has 1 aliphatic heterocycles. The number of hydrogen-bond donors (Lipinski definition) is 1. The molecule has 2 rings (SSSR count). The first-order valence-corrected chi connectivity index (χ1v) is 5.73. The van der Waals surface area contributed by atoms with E-state index in [-0.39, 0.29) is 17.7 Å². The number of fused-ring (bicyclic) bond motifs is 1. The highest BCUT2D eigenvalue weighted by atomic mass is 32.1. The Balaban J connectivity index is 2.62. The number of halogens is 4. The summed E-state index contributed by atoms with van der Waals surface area (Å²) in [6, 6.07) is 1.59. The van der Waals surface area contributed by atoms with Crippen molar-refractivity contribution >= 4 is 22.8 Å². The highest BCUT2D eigenvalue weighted by Gasteiger charge is 2.39. The van der Waals surface area contributed by atoms with Crippen LogP contribution in [0.2, 0.25) is 0 Å². The van der Waals surface area contributed by atoms with Crippen molar-refractivity contribution in [2.45, 2.75) is 32.0 Å². The molecule has 0 unspecified atom stereocenters. The lowest BCUT2D eigenvalue weighted by molar-refractivity contribution is -0.138. The molecule has 1 aliphatic rings. The van der Waals surface area contributed by atoms with Crippen LogP contribution < -0.4 is 5.32 Å². The van der Waals surface area contributed by atoms with Crippen LogP contribution in [0.3, 0.4) is 0 Å². The van der Waals surface area contributed by atoms with E-state index in [1.54, 1.807) is 13.8 Å². The van der Waals surface area contributed by atoms with E-state index in [2.05, 4.69) is 5.32 Å². The van der Waals surface area contributed by atoms with Crippen LogP contribution in [-0.2, 0) is 12.6 Å². The van der Waals surface area contributed by atoms with Gasteiger partial charge in [0.2, 0.25) is 0 Å². The van der Waals surface area contributed by atoms with Crippen LogP contribution in [0.5, 0.6) is 0 Å². The predicted molar refractivity (Wildman–Crippen MR) is 65.4 cm³/mol. The van der Waals surface area contributed by atoms with Gasteiger partial charge in [-0.25, -0.2) is 4.39 Å². The van der Waals surface area contributed by atoms with Crippen molar-refractivity contribution in [3.63, 3.8) is 0 Å². The van der Waals surface area contributed by atoms with E-state index >= 15 is 0 Å². The van der Waals surface area contributed by atoms with Crippen molar-refractivity contribution in [3.8, 4) is 0 Å². The zero-order valence-corrected chi connectivity index (χ0v) is 10.6. The van der Waals surface area contributed by atoms with Gasteiger partial charge in [-0.2, -0.15) is 13.2 Å². The average Bonchev–Trinajstić information content (AvgIpc) is 2.17. The Morgan fingerprint density at radius 2 is 1.89 bits per heavy atom. The van der Waals surface area contributed by atoms with Crippen LogP contribution in [0.4, 0.5) is 23.2 Å². The minimum absolute atomic E-state index is 0.0215. The molecular weight excluding hydrogens is 266 g/mol. The summed E-state index contributed by atoms with van der Waals surface area (Å²) in [4.78, 5) is 0.479. The molecule has 0 radical (unpaired) electrons. The van der Waals surface area contributed by atoms with E-state index in [9.17, 15) is 17.6 Å². The van der Waals surface area contributed by atoms with Gasteiger partial charge in [-0.3, -0.25) is 0 Å². The fourth-order valence-electron chi connectivity index (χ4n) is 1.98. The van der Waals surface area contributed by atoms with Gasteiger partial charge in [-0.15, -0.1) is 0 Å². The Bertz CT molecular complexity index is 520. The molecule has 1 aromatic carbocycles. The van der Waals surface area contributed by atoms with Crippen molar-refractivity contribution in [1.82, 2.24) is 0 Å². The highest BCUT2D eigenvalue weighted by Crippen LogP contribution is 2.39. The summed E-state index contributed by atoms with van der Waals surface area (Å²) in [5.41, 5.74) is -1.38. The minimum atomic E-state index is -4.58. The van der Waals surface area contributed by atoms with E-state index in [0.717, 1.165) is 6.07 Å². The van der Waals surface area contributed by atoms with Crippen LogP contribution in [-0.4, -0.2) is 10.4 Å². The number of benzene rings is 1. The predicted octanol–water partition coefficient (Wildman–Crippen LogP) is 3.96. The molecule has 0 atom stereocenters. The smallest absolute Gasteiger partial charge is 0.375 e. The van der Waals surface area contributed by atoms with E-state index in [0.29, 0.717) is 10.9 Å². The molecular formula is C12H11F4NS. The summed E-state index contributed by atoms with van der Waals surface area (Å²) in [7, 11) is 0. The second-order valence-electron chi connectivity index (χ2n) is 4.83. The zero-order valence-electron chi connectivity index (χ0n) is 9.78. The third-order valence-corrected chi connectivity index (χ3v) is 3.66. The molecule has 0 amide bonds. The first kappa shape index (κ1) is 13.3. The quantitative estimate of drug-likeness (QED) is 0.569. The first-order chi connectivity index (χ1) is 8.11. The van der Waals surface area contributed by atoms with Crippen molar-refractivity contribution in [2.24, 2.45) is 0 Å². The lowest BCUT2D eigenvalue weighted by Crippen LogP contribution is -2.44. The molecule has 0 bridgehead atoms. The van der Waals surface area contributed by atoms with Gasteiger partial charge in [0, 0.05) is 17.0 Å². The van der Waals surface area contributed by atoms with Gasteiger partial charge in [-0.1, -0.05) is 12.2 Å². The van der Waals surface area contributed by atoms with Crippen molar-refractivity contribution < 1.29 is 17.6 Å². The molecule has 0 aromatic heterocycles. The number of hydrogen-bond acceptors (Lipinski definition) is 2. The molecule has 0 fully saturated rings. The SMILES string of the molecule is CC1(C)Nc2cc(F)cc(C(F)(F)F)c2CC1=S. The van der Waals surface area contributed by atoms with Gasteiger partial charge in [0.25, 0.3) is 0 Å². The lowest BCUT2D eigenvalue weighted by Gasteiger charge is -2.35. The fourth-order valence-corrected chi connectivity index (χ4v) is 2.17. The van der Waals surface area contributed by atoms with Crippen LogP contribution in [0, 0.1) is 5.82 Å². The second kappa shape index (κ2) is 3.91. The number of anilines is 1. The molecule has 1 heterocycles. The third kappa shape index (κ3) is 2.21. The number of alkyl halides is 3. The maximum Gasteiger partial charge on any atom is 0.416 e. The molecule has 0 spiro atoms. The Kier molecular flexibility index (Phi) is 2.88.